The number of methoxy groups -OCH3 is 4. The number of amides is 1. The molecule has 0 saturated carbocycles. The van der Waals surface area contributed by atoms with Crippen molar-refractivity contribution in [3.05, 3.63) is 59.9 Å². The standard InChI is InChI=1S/C37H50N2O7/c1-6-26-24-38-20-18-37(34(38)23-28(26)29(25-42-2)35(40)45-5)30-14-10-11-15-31(30)39(36(37)41)19-12-8-7-9-13-21-46-27-16-17-32(43-3)33(22-27)44-4/h10-11,14-17,22,25-26,28,34H,6-9,12-13,18-21,23-24H2,1-5H3/b29-25+/t26-,28-,34?,37+/m0/s1. The zero-order chi connectivity index (χ0) is 32.7. The van der Waals surface area contributed by atoms with Crippen molar-refractivity contribution in [2.45, 2.75) is 69.7 Å². The summed E-state index contributed by atoms with van der Waals surface area (Å²) in [6.07, 6.45) is 9.13. The molecule has 9 heteroatoms. The molecule has 1 amide bonds. The molecule has 2 saturated heterocycles. The Morgan fingerprint density at radius 2 is 1.74 bits per heavy atom. The number of esters is 1. The molecule has 5 rings (SSSR count). The van der Waals surface area contributed by atoms with Gasteiger partial charge in [0.15, 0.2) is 11.5 Å². The summed E-state index contributed by atoms with van der Waals surface area (Å²) in [4.78, 5) is 31.9. The summed E-state index contributed by atoms with van der Waals surface area (Å²) in [5.74, 6) is 2.25. The summed E-state index contributed by atoms with van der Waals surface area (Å²) in [5, 5.41) is 0. The number of para-hydroxylation sites is 1. The van der Waals surface area contributed by atoms with E-state index in [9.17, 15) is 9.59 Å². The second-order valence-corrected chi connectivity index (χ2v) is 12.7. The van der Waals surface area contributed by atoms with Crippen molar-refractivity contribution in [3.63, 3.8) is 0 Å². The molecule has 46 heavy (non-hydrogen) atoms. The van der Waals surface area contributed by atoms with Crippen molar-refractivity contribution in [2.75, 3.05) is 59.6 Å². The molecular weight excluding hydrogens is 584 g/mol. The molecule has 2 aromatic rings. The average molecular weight is 635 g/mol. The number of hydrogen-bond donors (Lipinski definition) is 0. The van der Waals surface area contributed by atoms with Crippen molar-refractivity contribution in [2.24, 2.45) is 11.8 Å². The highest BCUT2D eigenvalue weighted by atomic mass is 16.5. The number of anilines is 1. The van der Waals surface area contributed by atoms with E-state index in [2.05, 4.69) is 30.0 Å². The average Bonchev–Trinajstić information content (AvgIpc) is 3.58. The Hall–Kier alpha value is -3.72. The molecule has 1 unspecified atom stereocenters. The van der Waals surface area contributed by atoms with Crippen LogP contribution in [0.15, 0.2) is 54.3 Å². The van der Waals surface area contributed by atoms with Gasteiger partial charge in [-0.25, -0.2) is 4.79 Å². The summed E-state index contributed by atoms with van der Waals surface area (Å²) >= 11 is 0. The van der Waals surface area contributed by atoms with Gasteiger partial charge in [0.25, 0.3) is 0 Å². The van der Waals surface area contributed by atoms with Crippen molar-refractivity contribution >= 4 is 17.6 Å². The van der Waals surface area contributed by atoms with Crippen LogP contribution in [-0.4, -0.2) is 77.5 Å². The molecule has 250 valence electrons. The van der Waals surface area contributed by atoms with Crippen LogP contribution in [0.3, 0.4) is 0 Å². The Kier molecular flexibility index (Phi) is 11.1. The van der Waals surface area contributed by atoms with Gasteiger partial charge in [0.1, 0.15) is 5.75 Å². The first-order valence-electron chi connectivity index (χ1n) is 16.7. The third-order valence-electron chi connectivity index (χ3n) is 10.4. The number of ether oxygens (including phenoxy) is 5. The number of rotatable bonds is 15. The van der Waals surface area contributed by atoms with Gasteiger partial charge in [0.05, 0.1) is 52.3 Å². The highest BCUT2D eigenvalue weighted by Gasteiger charge is 2.62. The van der Waals surface area contributed by atoms with Crippen molar-refractivity contribution < 1.29 is 33.3 Å². The van der Waals surface area contributed by atoms with Gasteiger partial charge in [0, 0.05) is 30.9 Å². The van der Waals surface area contributed by atoms with Crippen molar-refractivity contribution in [3.8, 4) is 17.2 Å². The van der Waals surface area contributed by atoms with E-state index < -0.39 is 5.41 Å². The summed E-state index contributed by atoms with van der Waals surface area (Å²) in [7, 11) is 6.23. The van der Waals surface area contributed by atoms with Gasteiger partial charge in [0.2, 0.25) is 5.91 Å². The van der Waals surface area contributed by atoms with Gasteiger partial charge in [-0.05, 0) is 67.8 Å². The van der Waals surface area contributed by atoms with E-state index in [0.29, 0.717) is 36.1 Å². The Morgan fingerprint density at radius 3 is 2.48 bits per heavy atom. The Bertz CT molecular complexity index is 1390. The van der Waals surface area contributed by atoms with Gasteiger partial charge < -0.3 is 28.6 Å². The third kappa shape index (κ3) is 6.43. The molecule has 0 bridgehead atoms. The lowest BCUT2D eigenvalue weighted by molar-refractivity contribution is -0.137. The smallest absolute Gasteiger partial charge is 0.337 e. The van der Waals surface area contributed by atoms with Gasteiger partial charge in [-0.1, -0.05) is 50.8 Å². The fourth-order valence-electron chi connectivity index (χ4n) is 8.05. The third-order valence-corrected chi connectivity index (χ3v) is 10.4. The van der Waals surface area contributed by atoms with E-state index in [1.807, 2.05) is 29.2 Å². The van der Waals surface area contributed by atoms with Crippen LogP contribution in [0.4, 0.5) is 5.69 Å². The van der Waals surface area contributed by atoms with Crippen LogP contribution >= 0.6 is 0 Å². The second kappa shape index (κ2) is 15.2. The lowest BCUT2D eigenvalue weighted by Crippen LogP contribution is -2.55. The molecule has 2 fully saturated rings. The predicted octanol–water partition coefficient (Wildman–Crippen LogP) is 6.14. The summed E-state index contributed by atoms with van der Waals surface area (Å²) in [6, 6.07) is 14.0. The van der Waals surface area contributed by atoms with E-state index >= 15 is 0 Å². The normalized spacial score (nSPS) is 24.1. The van der Waals surface area contributed by atoms with Crippen LogP contribution in [0, 0.1) is 11.8 Å². The number of piperidine rings is 1. The Labute approximate surface area is 273 Å². The van der Waals surface area contributed by atoms with Crippen LogP contribution in [0.1, 0.15) is 63.9 Å². The van der Waals surface area contributed by atoms with Crippen LogP contribution in [0.5, 0.6) is 17.2 Å². The monoisotopic (exact) mass is 634 g/mol. The maximum atomic E-state index is 14.5. The van der Waals surface area contributed by atoms with E-state index in [1.165, 1.54) is 7.11 Å². The van der Waals surface area contributed by atoms with Crippen LogP contribution in [-0.2, 0) is 24.5 Å². The molecule has 9 nitrogen and oxygen atoms in total. The highest BCUT2D eigenvalue weighted by Crippen LogP contribution is 2.55. The first-order valence-corrected chi connectivity index (χ1v) is 16.7. The number of unbranched alkanes of at least 4 members (excludes halogenated alkanes) is 4. The van der Waals surface area contributed by atoms with Gasteiger partial charge in [-0.3, -0.25) is 9.69 Å². The molecule has 3 aliphatic heterocycles. The predicted molar refractivity (Wildman–Crippen MR) is 178 cm³/mol. The fraction of sp³-hybridized carbons (Fsp3) is 0.568. The van der Waals surface area contributed by atoms with Crippen molar-refractivity contribution in [1.82, 2.24) is 4.90 Å². The number of hydrogen-bond acceptors (Lipinski definition) is 8. The van der Waals surface area contributed by atoms with Gasteiger partial charge in [-0.15, -0.1) is 0 Å². The zero-order valence-corrected chi connectivity index (χ0v) is 28.1. The Morgan fingerprint density at radius 1 is 0.978 bits per heavy atom. The maximum absolute atomic E-state index is 14.5. The minimum absolute atomic E-state index is 0.0227. The van der Waals surface area contributed by atoms with Crippen LogP contribution in [0.25, 0.3) is 0 Å². The summed E-state index contributed by atoms with van der Waals surface area (Å²) in [5.41, 5.74) is 2.17. The van der Waals surface area contributed by atoms with Gasteiger partial charge >= 0.3 is 5.97 Å². The maximum Gasteiger partial charge on any atom is 0.337 e. The molecule has 0 N–H and O–H groups in total. The number of fused-ring (bicyclic) bond motifs is 4. The lowest BCUT2D eigenvalue weighted by atomic mass is 9.67. The number of carbonyl (C=O) groups excluding carboxylic acids is 2. The first-order chi connectivity index (χ1) is 22.4. The number of nitrogens with zero attached hydrogens (tertiary/aromatic N) is 2. The number of benzene rings is 2. The molecule has 0 aromatic heterocycles. The van der Waals surface area contributed by atoms with Crippen LogP contribution in [0.2, 0.25) is 0 Å². The summed E-state index contributed by atoms with van der Waals surface area (Å²) < 4.78 is 27.1. The lowest BCUT2D eigenvalue weighted by Gasteiger charge is -2.45. The molecule has 0 aliphatic carbocycles. The SMILES string of the molecule is CC[C@H]1CN2CC[C@]3(C(=O)N(CCCCCCCOc4ccc(OC)c(OC)c4)c4ccccc43)C2C[C@@H]1/C(=C\OC)C(=O)OC. The minimum atomic E-state index is -0.594. The van der Waals surface area contributed by atoms with E-state index in [1.54, 1.807) is 27.6 Å². The van der Waals surface area contributed by atoms with Crippen molar-refractivity contribution in [1.29, 1.82) is 0 Å². The number of carbonyl (C=O) groups is 2. The summed E-state index contributed by atoms with van der Waals surface area (Å²) in [6.45, 7) is 5.27. The van der Waals surface area contributed by atoms with E-state index in [0.717, 1.165) is 81.5 Å². The largest absolute Gasteiger partial charge is 0.504 e. The molecule has 4 atom stereocenters. The quantitative estimate of drug-likeness (QED) is 0.1000. The van der Waals surface area contributed by atoms with E-state index in [-0.39, 0.29) is 23.8 Å². The molecule has 2 aromatic carbocycles. The molecule has 0 radical (unpaired) electrons. The molecule has 3 heterocycles. The zero-order valence-electron chi connectivity index (χ0n) is 28.1. The molecular formula is C37H50N2O7. The van der Waals surface area contributed by atoms with Gasteiger partial charge in [-0.2, -0.15) is 0 Å². The van der Waals surface area contributed by atoms with Crippen LogP contribution < -0.4 is 19.1 Å². The minimum Gasteiger partial charge on any atom is -0.504 e. The Balaban J connectivity index is 1.19. The highest BCUT2D eigenvalue weighted by molar-refractivity contribution is 6.09. The topological polar surface area (TPSA) is 86.8 Å². The van der Waals surface area contributed by atoms with E-state index in [4.69, 9.17) is 23.7 Å². The molecule has 1 spiro atoms. The molecule has 3 aliphatic rings. The second-order valence-electron chi connectivity index (χ2n) is 12.7. The first kappa shape index (κ1) is 33.6. The fourth-order valence-corrected chi connectivity index (χ4v) is 8.05.